The highest BCUT2D eigenvalue weighted by molar-refractivity contribution is 8.26. The first-order chi connectivity index (χ1) is 16.2. The van der Waals surface area contributed by atoms with Gasteiger partial charge in [0.1, 0.15) is 11.5 Å². The van der Waals surface area contributed by atoms with Crippen molar-refractivity contribution in [2.75, 3.05) is 6.26 Å². The smallest absolute Gasteiger partial charge is 0.285 e. The molecular weight excluding hydrogens is 492 g/mol. The van der Waals surface area contributed by atoms with Crippen molar-refractivity contribution in [2.45, 2.75) is 4.90 Å². The number of nitrogens with one attached hydrogen (secondary N) is 1. The van der Waals surface area contributed by atoms with Crippen LogP contribution in [0.2, 0.25) is 0 Å². The van der Waals surface area contributed by atoms with Gasteiger partial charge in [-0.05, 0) is 72.4 Å². The molecule has 0 saturated carbocycles. The molecule has 1 heterocycles. The molecule has 0 aliphatic carbocycles. The molecule has 1 fully saturated rings. The summed E-state index contributed by atoms with van der Waals surface area (Å²) in [6, 6.07) is 22.0. The number of hydrogen-bond acceptors (Lipinski definition) is 7. The monoisotopic (exact) mass is 510 g/mol. The van der Waals surface area contributed by atoms with Crippen molar-refractivity contribution in [1.29, 1.82) is 0 Å². The number of thioether (sulfide) groups is 1. The number of sulfone groups is 1. The summed E-state index contributed by atoms with van der Waals surface area (Å²) in [5.74, 6) is 0.337. The lowest BCUT2D eigenvalue weighted by Gasteiger charge is -2.15. The zero-order valence-electron chi connectivity index (χ0n) is 17.8. The normalized spacial score (nSPS) is 15.0. The number of para-hydroxylation sites is 1. The first kappa shape index (κ1) is 23.7. The largest absolute Gasteiger partial charge is 0.457 e. The third-order valence-corrected chi connectivity index (χ3v) is 7.14. The van der Waals surface area contributed by atoms with Gasteiger partial charge in [0.05, 0.1) is 9.80 Å². The second-order valence-corrected chi connectivity index (χ2v) is 10.9. The van der Waals surface area contributed by atoms with Crippen LogP contribution in [0.5, 0.6) is 11.5 Å². The molecule has 2 amide bonds. The molecule has 0 spiro atoms. The zero-order valence-corrected chi connectivity index (χ0v) is 20.2. The van der Waals surface area contributed by atoms with E-state index in [4.69, 9.17) is 17.0 Å². The molecule has 34 heavy (non-hydrogen) atoms. The summed E-state index contributed by atoms with van der Waals surface area (Å²) in [6.07, 6.45) is 2.76. The second kappa shape index (κ2) is 9.80. The zero-order chi connectivity index (χ0) is 24.3. The van der Waals surface area contributed by atoms with E-state index in [0.717, 1.165) is 34.3 Å². The first-order valence-corrected chi connectivity index (χ1v) is 13.0. The highest BCUT2D eigenvalue weighted by atomic mass is 32.2. The van der Waals surface area contributed by atoms with Crippen molar-refractivity contribution in [3.05, 3.63) is 94.9 Å². The van der Waals surface area contributed by atoms with Gasteiger partial charge in [-0.1, -0.05) is 42.1 Å². The Labute approximate surface area is 206 Å². The number of carbonyl (C=O) groups excluding carboxylic acids is 2. The molecule has 0 unspecified atom stereocenters. The van der Waals surface area contributed by atoms with Crippen molar-refractivity contribution < 1.29 is 22.7 Å². The van der Waals surface area contributed by atoms with Crippen LogP contribution >= 0.6 is 24.0 Å². The summed E-state index contributed by atoms with van der Waals surface area (Å²) in [7, 11) is -3.38. The van der Waals surface area contributed by atoms with Crippen LogP contribution in [-0.4, -0.2) is 35.8 Å². The van der Waals surface area contributed by atoms with Gasteiger partial charge < -0.3 is 4.74 Å². The first-order valence-electron chi connectivity index (χ1n) is 9.93. The van der Waals surface area contributed by atoms with Crippen molar-refractivity contribution in [3.63, 3.8) is 0 Å². The van der Waals surface area contributed by atoms with E-state index in [1.54, 1.807) is 18.2 Å². The fourth-order valence-corrected chi connectivity index (χ4v) is 4.80. The molecule has 3 aromatic carbocycles. The van der Waals surface area contributed by atoms with E-state index in [1.165, 1.54) is 24.3 Å². The van der Waals surface area contributed by atoms with Crippen molar-refractivity contribution in [3.8, 4) is 11.5 Å². The number of rotatable bonds is 6. The average molecular weight is 511 g/mol. The molecule has 1 saturated heterocycles. The fourth-order valence-electron chi connectivity index (χ4n) is 2.99. The molecule has 1 aliphatic rings. The Kier molecular flexibility index (Phi) is 6.82. The number of nitrogens with zero attached hydrogens (tertiary/aromatic N) is 1. The van der Waals surface area contributed by atoms with E-state index in [1.807, 2.05) is 42.5 Å². The van der Waals surface area contributed by atoms with Crippen LogP contribution in [0.3, 0.4) is 0 Å². The summed E-state index contributed by atoms with van der Waals surface area (Å²) in [4.78, 5) is 25.8. The molecule has 0 radical (unpaired) electrons. The molecule has 10 heteroatoms. The van der Waals surface area contributed by atoms with E-state index >= 15 is 0 Å². The van der Waals surface area contributed by atoms with Crippen LogP contribution in [-0.2, 0) is 14.6 Å². The van der Waals surface area contributed by atoms with Gasteiger partial charge >= 0.3 is 0 Å². The van der Waals surface area contributed by atoms with Crippen LogP contribution < -0.4 is 10.2 Å². The van der Waals surface area contributed by atoms with Crippen molar-refractivity contribution >= 4 is 56.0 Å². The highest BCUT2D eigenvalue weighted by Crippen LogP contribution is 2.32. The Morgan fingerprint density at radius 3 is 2.21 bits per heavy atom. The molecule has 0 aromatic heterocycles. The topological polar surface area (TPSA) is 92.8 Å². The van der Waals surface area contributed by atoms with Crippen LogP contribution in [0.25, 0.3) is 6.08 Å². The second-order valence-electron chi connectivity index (χ2n) is 7.24. The number of thiocarbonyl (C=S) groups is 1. The van der Waals surface area contributed by atoms with Crippen molar-refractivity contribution in [2.24, 2.45) is 0 Å². The summed E-state index contributed by atoms with van der Waals surface area (Å²) in [6.45, 7) is 0. The van der Waals surface area contributed by atoms with E-state index in [9.17, 15) is 18.0 Å². The summed E-state index contributed by atoms with van der Waals surface area (Å²) in [5, 5.41) is 1.01. The molecule has 1 aliphatic heterocycles. The maximum absolute atomic E-state index is 12.8. The van der Waals surface area contributed by atoms with Gasteiger partial charge in [-0.15, -0.1) is 0 Å². The minimum atomic E-state index is -3.38. The molecule has 4 rings (SSSR count). The third-order valence-electron chi connectivity index (χ3n) is 4.71. The number of benzene rings is 3. The molecule has 0 atom stereocenters. The van der Waals surface area contributed by atoms with Gasteiger partial charge in [-0.3, -0.25) is 15.0 Å². The van der Waals surface area contributed by atoms with E-state index in [2.05, 4.69) is 5.43 Å². The van der Waals surface area contributed by atoms with Crippen LogP contribution in [0.1, 0.15) is 15.9 Å². The minimum absolute atomic E-state index is 0.0952. The number of ether oxygens (including phenoxy) is 1. The average Bonchev–Trinajstić information content (AvgIpc) is 3.08. The van der Waals surface area contributed by atoms with Gasteiger partial charge in [0.2, 0.25) is 0 Å². The number of hydrazine groups is 1. The minimum Gasteiger partial charge on any atom is -0.457 e. The molecular formula is C24H18N2O5S3. The van der Waals surface area contributed by atoms with Crippen molar-refractivity contribution in [1.82, 2.24) is 10.4 Å². The highest BCUT2D eigenvalue weighted by Gasteiger charge is 2.33. The molecule has 0 bridgehead atoms. The van der Waals surface area contributed by atoms with Gasteiger partial charge in [-0.2, -0.15) is 5.01 Å². The van der Waals surface area contributed by atoms with Crippen LogP contribution in [0.15, 0.2) is 88.7 Å². The lowest BCUT2D eigenvalue weighted by atomic mass is 10.2. The standard InChI is InChI=1S/C24H18N2O5S3/c1-34(29,30)20-13-9-17(10-14-20)22(27)25-26-23(28)21(33-24(26)32)15-16-7-11-19(12-8-16)31-18-5-3-2-4-6-18/h2-15H,1H3,(H,25,27)/b21-15+. The Bertz CT molecular complexity index is 1380. The Morgan fingerprint density at radius 1 is 0.971 bits per heavy atom. The maximum Gasteiger partial charge on any atom is 0.285 e. The van der Waals surface area contributed by atoms with Gasteiger partial charge in [0.15, 0.2) is 14.2 Å². The molecule has 3 aromatic rings. The Balaban J connectivity index is 1.43. The summed E-state index contributed by atoms with van der Waals surface area (Å²) >= 11 is 6.33. The quantitative estimate of drug-likeness (QED) is 0.387. The molecule has 7 nitrogen and oxygen atoms in total. The predicted octanol–water partition coefficient (Wildman–Crippen LogP) is 4.43. The Morgan fingerprint density at radius 2 is 1.59 bits per heavy atom. The van der Waals surface area contributed by atoms with E-state index < -0.39 is 21.7 Å². The molecule has 1 N–H and O–H groups in total. The summed E-state index contributed by atoms with van der Waals surface area (Å²) < 4.78 is 29.1. The number of amides is 2. The third kappa shape index (κ3) is 5.53. The van der Waals surface area contributed by atoms with Gasteiger partial charge in [-0.25, -0.2) is 8.42 Å². The SMILES string of the molecule is CS(=O)(=O)c1ccc(C(=O)NN2C(=O)/C(=C\c3ccc(Oc4ccccc4)cc3)SC2=S)cc1. The van der Waals surface area contributed by atoms with Crippen LogP contribution in [0, 0.1) is 0 Å². The molecule has 172 valence electrons. The number of carbonyl (C=O) groups is 2. The number of hydrogen-bond donors (Lipinski definition) is 1. The predicted molar refractivity (Wildman–Crippen MR) is 135 cm³/mol. The van der Waals surface area contributed by atoms with E-state index in [0.29, 0.717) is 10.7 Å². The maximum atomic E-state index is 12.8. The van der Waals surface area contributed by atoms with E-state index in [-0.39, 0.29) is 14.8 Å². The Hall–Kier alpha value is -3.47. The lowest BCUT2D eigenvalue weighted by Crippen LogP contribution is -2.44. The lowest BCUT2D eigenvalue weighted by molar-refractivity contribution is -0.123. The van der Waals surface area contributed by atoms with Gasteiger partial charge in [0.25, 0.3) is 11.8 Å². The van der Waals surface area contributed by atoms with Gasteiger partial charge in [0, 0.05) is 11.8 Å². The fraction of sp³-hybridized carbons (Fsp3) is 0.0417. The summed E-state index contributed by atoms with van der Waals surface area (Å²) in [5.41, 5.74) is 3.44. The van der Waals surface area contributed by atoms with Crippen LogP contribution in [0.4, 0.5) is 0 Å².